The highest BCUT2D eigenvalue weighted by molar-refractivity contribution is 7.85. The number of carboxylic acid groups (broad SMARTS) is 2. The van der Waals surface area contributed by atoms with Gasteiger partial charge in [0.05, 0.1) is 18.2 Å². The summed E-state index contributed by atoms with van der Waals surface area (Å²) >= 11 is 0. The lowest BCUT2D eigenvalue weighted by atomic mass is 9.89. The molecule has 0 aromatic heterocycles. The molecule has 0 spiro atoms. The average molecular weight is 370 g/mol. The van der Waals surface area contributed by atoms with Gasteiger partial charge < -0.3 is 21.3 Å². The van der Waals surface area contributed by atoms with Crippen molar-refractivity contribution < 1.29 is 42.0 Å². The standard InChI is InChI=1S/C11H15FN2O5.CH4O3S/c1-3(13)8(15)14-11(10(18)19)2-4(12)5-6(7(5)11)9(16)17;1-5(2,3)4/h3-7H,2,13H2,1H3,(H,14,15)(H,16,17)(H,18,19);1H3,(H,2,3,4)/t3-,4+,5?,6-,7-,11-;/m0./s1. The number of carbonyl (C=O) groups excluding carboxylic acids is 1. The summed E-state index contributed by atoms with van der Waals surface area (Å²) < 4.78 is 39.6. The lowest BCUT2D eigenvalue weighted by molar-refractivity contribution is -0.150. The molecule has 2 aliphatic carbocycles. The van der Waals surface area contributed by atoms with Crippen LogP contribution in [0.5, 0.6) is 0 Å². The second-order valence-corrected chi connectivity index (χ2v) is 7.44. The molecule has 12 heteroatoms. The molecule has 10 nitrogen and oxygen atoms in total. The number of amides is 1. The Morgan fingerprint density at radius 1 is 1.33 bits per heavy atom. The molecule has 1 amide bonds. The number of fused-ring (bicyclic) bond motifs is 1. The lowest BCUT2D eigenvalue weighted by Gasteiger charge is -2.29. The second kappa shape index (κ2) is 6.61. The van der Waals surface area contributed by atoms with Crippen molar-refractivity contribution in [2.75, 3.05) is 6.26 Å². The summed E-state index contributed by atoms with van der Waals surface area (Å²) in [4.78, 5) is 34.0. The third kappa shape index (κ3) is 4.19. The minimum Gasteiger partial charge on any atom is -0.481 e. The zero-order valence-corrected chi connectivity index (χ0v) is 13.7. The van der Waals surface area contributed by atoms with Gasteiger partial charge in [-0.2, -0.15) is 8.42 Å². The van der Waals surface area contributed by atoms with Gasteiger partial charge in [0.25, 0.3) is 10.1 Å². The molecule has 0 heterocycles. The van der Waals surface area contributed by atoms with Crippen molar-refractivity contribution in [2.24, 2.45) is 23.5 Å². The highest BCUT2D eigenvalue weighted by Crippen LogP contribution is 2.63. The molecule has 2 saturated carbocycles. The maximum atomic E-state index is 13.8. The Morgan fingerprint density at radius 3 is 2.08 bits per heavy atom. The highest BCUT2D eigenvalue weighted by Gasteiger charge is 2.76. The first-order valence-electron chi connectivity index (χ1n) is 6.82. The first-order valence-corrected chi connectivity index (χ1v) is 8.67. The molecular formula is C12H19FN2O8S. The van der Waals surface area contributed by atoms with Gasteiger partial charge in [-0.05, 0) is 6.92 Å². The van der Waals surface area contributed by atoms with Gasteiger partial charge in [-0.3, -0.25) is 14.1 Å². The summed E-state index contributed by atoms with van der Waals surface area (Å²) in [5, 5.41) is 20.5. The van der Waals surface area contributed by atoms with E-state index in [4.69, 9.17) is 15.4 Å². The first-order chi connectivity index (χ1) is 10.7. The van der Waals surface area contributed by atoms with Gasteiger partial charge in [-0.1, -0.05) is 0 Å². The van der Waals surface area contributed by atoms with Crippen molar-refractivity contribution in [3.05, 3.63) is 0 Å². The van der Waals surface area contributed by atoms with E-state index >= 15 is 0 Å². The molecule has 6 atom stereocenters. The third-order valence-electron chi connectivity index (χ3n) is 4.01. The summed E-state index contributed by atoms with van der Waals surface area (Å²) in [6, 6.07) is -0.949. The maximum absolute atomic E-state index is 13.8. The molecule has 1 unspecified atom stereocenters. The van der Waals surface area contributed by atoms with Crippen LogP contribution >= 0.6 is 0 Å². The molecule has 0 aliphatic heterocycles. The fraction of sp³-hybridized carbons (Fsp3) is 0.750. The summed E-state index contributed by atoms with van der Waals surface area (Å²) in [6.07, 6.45) is -1.25. The van der Waals surface area contributed by atoms with E-state index in [1.807, 2.05) is 0 Å². The van der Waals surface area contributed by atoms with Crippen LogP contribution in [0.25, 0.3) is 0 Å². The number of hydrogen-bond donors (Lipinski definition) is 5. The van der Waals surface area contributed by atoms with Gasteiger partial charge in [0.15, 0.2) is 0 Å². The molecule has 0 bridgehead atoms. The third-order valence-corrected chi connectivity index (χ3v) is 4.01. The minimum absolute atomic E-state index is 0.417. The molecule has 0 saturated heterocycles. The van der Waals surface area contributed by atoms with Crippen molar-refractivity contribution in [3.63, 3.8) is 0 Å². The number of carboxylic acids is 2. The van der Waals surface area contributed by atoms with E-state index in [1.165, 1.54) is 6.92 Å². The van der Waals surface area contributed by atoms with Crippen LogP contribution in [-0.4, -0.2) is 65.0 Å². The molecule has 2 aliphatic rings. The van der Waals surface area contributed by atoms with Crippen molar-refractivity contribution in [1.82, 2.24) is 5.32 Å². The number of alkyl halides is 1. The van der Waals surface area contributed by atoms with Gasteiger partial charge in [-0.25, -0.2) is 9.18 Å². The van der Waals surface area contributed by atoms with Gasteiger partial charge in [0.1, 0.15) is 11.7 Å². The summed E-state index contributed by atoms with van der Waals surface area (Å²) in [6.45, 7) is 1.37. The highest BCUT2D eigenvalue weighted by atomic mass is 32.2. The van der Waals surface area contributed by atoms with Crippen LogP contribution in [0.15, 0.2) is 0 Å². The van der Waals surface area contributed by atoms with Crippen molar-refractivity contribution in [1.29, 1.82) is 0 Å². The van der Waals surface area contributed by atoms with Crippen LogP contribution in [0, 0.1) is 17.8 Å². The predicted octanol–water partition coefficient (Wildman–Crippen LogP) is -1.53. The summed E-state index contributed by atoms with van der Waals surface area (Å²) in [5.41, 5.74) is 3.48. The van der Waals surface area contributed by atoms with Crippen LogP contribution in [0.1, 0.15) is 13.3 Å². The molecular weight excluding hydrogens is 351 g/mol. The summed E-state index contributed by atoms with van der Waals surface area (Å²) in [5.74, 6) is -6.21. The predicted molar refractivity (Wildman–Crippen MR) is 77.3 cm³/mol. The smallest absolute Gasteiger partial charge is 0.329 e. The zero-order valence-electron chi connectivity index (χ0n) is 12.8. The molecule has 0 aromatic rings. The van der Waals surface area contributed by atoms with E-state index in [9.17, 15) is 32.3 Å². The Kier molecular flexibility index (Phi) is 5.58. The number of nitrogens with one attached hydrogen (secondary N) is 1. The molecule has 0 radical (unpaired) electrons. The molecule has 24 heavy (non-hydrogen) atoms. The number of rotatable bonds is 4. The van der Waals surface area contributed by atoms with Gasteiger partial charge in [0.2, 0.25) is 5.91 Å². The van der Waals surface area contributed by atoms with Gasteiger partial charge >= 0.3 is 11.9 Å². The lowest BCUT2D eigenvalue weighted by Crippen LogP contribution is -2.59. The summed E-state index contributed by atoms with van der Waals surface area (Å²) in [7, 11) is -3.67. The Morgan fingerprint density at radius 2 is 1.79 bits per heavy atom. The number of halogens is 1. The molecule has 2 rings (SSSR count). The van der Waals surface area contributed by atoms with Crippen molar-refractivity contribution in [2.45, 2.75) is 31.1 Å². The van der Waals surface area contributed by atoms with Crippen LogP contribution in [0.2, 0.25) is 0 Å². The largest absolute Gasteiger partial charge is 0.481 e. The normalized spacial score (nSPS) is 35.0. The zero-order chi connectivity index (χ0) is 19.0. The Labute approximate surface area is 137 Å². The number of aliphatic carboxylic acids is 2. The van der Waals surface area contributed by atoms with Crippen LogP contribution < -0.4 is 11.1 Å². The topological polar surface area (TPSA) is 184 Å². The van der Waals surface area contributed by atoms with Crippen molar-refractivity contribution >= 4 is 28.0 Å². The number of nitrogens with two attached hydrogens (primary N) is 1. The van der Waals surface area contributed by atoms with E-state index in [1.54, 1.807) is 0 Å². The fourth-order valence-electron chi connectivity index (χ4n) is 3.07. The average Bonchev–Trinajstić information content (AvgIpc) is 3.04. The maximum Gasteiger partial charge on any atom is 0.329 e. The van der Waals surface area contributed by atoms with Crippen LogP contribution in [0.4, 0.5) is 4.39 Å². The Bertz CT molecular complexity index is 643. The Balaban J connectivity index is 0.000000505. The number of hydrogen-bond acceptors (Lipinski definition) is 6. The second-order valence-electron chi connectivity index (χ2n) is 5.97. The SMILES string of the molecule is CS(=O)(=O)O.C[C@H](N)C(=O)N[C@@]1(C(=O)O)C[C@@H](F)C2[C@H](C(=O)O)[C@H]21. The van der Waals surface area contributed by atoms with E-state index in [0.29, 0.717) is 6.26 Å². The first kappa shape index (κ1) is 20.3. The quantitative estimate of drug-likeness (QED) is 0.366. The van der Waals surface area contributed by atoms with Crippen LogP contribution in [0.3, 0.4) is 0 Å². The van der Waals surface area contributed by atoms with E-state index in [0.717, 1.165) is 0 Å². The Hall–Kier alpha value is -1.79. The van der Waals surface area contributed by atoms with Crippen LogP contribution in [-0.2, 0) is 24.5 Å². The van der Waals surface area contributed by atoms with Crippen molar-refractivity contribution in [3.8, 4) is 0 Å². The van der Waals surface area contributed by atoms with E-state index in [2.05, 4.69) is 5.32 Å². The van der Waals surface area contributed by atoms with Gasteiger partial charge in [0, 0.05) is 18.3 Å². The molecule has 0 aromatic carbocycles. The molecule has 6 N–H and O–H groups in total. The van der Waals surface area contributed by atoms with E-state index < -0.39 is 69.9 Å². The molecule has 2 fully saturated rings. The minimum atomic E-state index is -3.67. The van der Waals surface area contributed by atoms with E-state index in [-0.39, 0.29) is 0 Å². The number of carbonyl (C=O) groups is 3. The molecule has 138 valence electrons. The monoisotopic (exact) mass is 370 g/mol. The fourth-order valence-corrected chi connectivity index (χ4v) is 3.07. The van der Waals surface area contributed by atoms with Gasteiger partial charge in [-0.15, -0.1) is 0 Å².